The summed E-state index contributed by atoms with van der Waals surface area (Å²) in [6.45, 7) is 2.88. The van der Waals surface area contributed by atoms with Gasteiger partial charge in [-0.15, -0.1) is 0 Å². The minimum absolute atomic E-state index is 0.687. The van der Waals surface area contributed by atoms with E-state index in [1.807, 2.05) is 12.3 Å². The van der Waals surface area contributed by atoms with Gasteiger partial charge in [-0.25, -0.2) is 4.98 Å². The van der Waals surface area contributed by atoms with Gasteiger partial charge in [0.15, 0.2) is 0 Å². The standard InChI is InChI=1S/C14H24N4/c1-17(2)13-6-10-18(11-7-13)14-12(5-8-15)4-3-9-16-14/h3-4,9,13H,5-8,10-11,15H2,1-2H3. The molecule has 1 aromatic heterocycles. The lowest BCUT2D eigenvalue weighted by Crippen LogP contribution is -2.42. The molecule has 0 saturated carbocycles. The molecule has 0 radical (unpaired) electrons. The van der Waals surface area contributed by atoms with Crippen molar-refractivity contribution in [1.29, 1.82) is 0 Å². The maximum absolute atomic E-state index is 5.67. The molecule has 1 aliphatic heterocycles. The molecular formula is C14H24N4. The monoisotopic (exact) mass is 248 g/mol. The van der Waals surface area contributed by atoms with E-state index in [2.05, 4.69) is 34.9 Å². The Labute approximate surface area is 110 Å². The molecule has 100 valence electrons. The number of nitrogens with two attached hydrogens (primary N) is 1. The van der Waals surface area contributed by atoms with E-state index in [4.69, 9.17) is 5.73 Å². The van der Waals surface area contributed by atoms with Crippen LogP contribution in [0.2, 0.25) is 0 Å². The van der Waals surface area contributed by atoms with Gasteiger partial charge in [-0.1, -0.05) is 6.07 Å². The lowest BCUT2D eigenvalue weighted by Gasteiger charge is -2.36. The van der Waals surface area contributed by atoms with Gasteiger partial charge in [-0.3, -0.25) is 0 Å². The number of pyridine rings is 1. The maximum atomic E-state index is 5.67. The third kappa shape index (κ3) is 3.00. The Hall–Kier alpha value is -1.13. The van der Waals surface area contributed by atoms with Crippen LogP contribution in [0.1, 0.15) is 18.4 Å². The van der Waals surface area contributed by atoms with E-state index in [1.54, 1.807) is 0 Å². The normalized spacial score (nSPS) is 17.4. The zero-order valence-corrected chi connectivity index (χ0v) is 11.5. The highest BCUT2D eigenvalue weighted by molar-refractivity contribution is 5.47. The summed E-state index contributed by atoms with van der Waals surface area (Å²) < 4.78 is 0. The molecule has 2 heterocycles. The van der Waals surface area contributed by atoms with E-state index in [0.717, 1.165) is 25.3 Å². The number of aromatic nitrogens is 1. The second kappa shape index (κ2) is 6.16. The van der Waals surface area contributed by atoms with Crippen molar-refractivity contribution in [2.24, 2.45) is 5.73 Å². The first kappa shape index (κ1) is 13.3. The van der Waals surface area contributed by atoms with Crippen LogP contribution in [0.15, 0.2) is 18.3 Å². The van der Waals surface area contributed by atoms with Crippen molar-refractivity contribution in [3.63, 3.8) is 0 Å². The fraction of sp³-hybridized carbons (Fsp3) is 0.643. The molecule has 0 amide bonds. The highest BCUT2D eigenvalue weighted by Gasteiger charge is 2.22. The summed E-state index contributed by atoms with van der Waals surface area (Å²) in [5, 5.41) is 0. The molecule has 0 atom stereocenters. The van der Waals surface area contributed by atoms with Gasteiger partial charge in [0.25, 0.3) is 0 Å². The first-order chi connectivity index (χ1) is 8.72. The predicted molar refractivity (Wildman–Crippen MR) is 75.9 cm³/mol. The van der Waals surface area contributed by atoms with Gasteiger partial charge >= 0.3 is 0 Å². The topological polar surface area (TPSA) is 45.4 Å². The molecule has 0 aliphatic carbocycles. The Morgan fingerprint density at radius 1 is 1.39 bits per heavy atom. The number of rotatable bonds is 4. The van der Waals surface area contributed by atoms with Gasteiger partial charge in [0.1, 0.15) is 5.82 Å². The SMILES string of the molecule is CN(C)C1CCN(c2ncccc2CCN)CC1. The molecule has 4 heteroatoms. The Morgan fingerprint density at radius 2 is 2.11 bits per heavy atom. The average Bonchev–Trinajstić information content (AvgIpc) is 2.40. The van der Waals surface area contributed by atoms with Gasteiger partial charge < -0.3 is 15.5 Å². The van der Waals surface area contributed by atoms with E-state index >= 15 is 0 Å². The Morgan fingerprint density at radius 3 is 2.72 bits per heavy atom. The van der Waals surface area contributed by atoms with Gasteiger partial charge in [0.2, 0.25) is 0 Å². The fourth-order valence-corrected chi connectivity index (χ4v) is 2.66. The zero-order valence-electron chi connectivity index (χ0n) is 11.5. The fourth-order valence-electron chi connectivity index (χ4n) is 2.66. The highest BCUT2D eigenvalue weighted by atomic mass is 15.2. The van der Waals surface area contributed by atoms with E-state index in [1.165, 1.54) is 18.4 Å². The van der Waals surface area contributed by atoms with Crippen LogP contribution in [0.4, 0.5) is 5.82 Å². The minimum Gasteiger partial charge on any atom is -0.356 e. The Kier molecular flexibility index (Phi) is 4.55. The Bertz CT molecular complexity index is 370. The highest BCUT2D eigenvalue weighted by Crippen LogP contribution is 2.23. The molecule has 1 aromatic rings. The number of hydrogen-bond acceptors (Lipinski definition) is 4. The van der Waals surface area contributed by atoms with E-state index < -0.39 is 0 Å². The third-order valence-corrected chi connectivity index (χ3v) is 3.78. The van der Waals surface area contributed by atoms with E-state index in [0.29, 0.717) is 12.6 Å². The van der Waals surface area contributed by atoms with Crippen LogP contribution in [-0.4, -0.2) is 49.7 Å². The molecule has 0 spiro atoms. The van der Waals surface area contributed by atoms with Gasteiger partial charge in [0.05, 0.1) is 0 Å². The van der Waals surface area contributed by atoms with Gasteiger partial charge in [0, 0.05) is 25.3 Å². The first-order valence-corrected chi connectivity index (χ1v) is 6.77. The van der Waals surface area contributed by atoms with Crippen molar-refractivity contribution in [2.75, 3.05) is 38.6 Å². The quantitative estimate of drug-likeness (QED) is 0.867. The molecule has 1 fully saturated rings. The lowest BCUT2D eigenvalue weighted by molar-refractivity contribution is 0.249. The smallest absolute Gasteiger partial charge is 0.131 e. The molecule has 2 rings (SSSR count). The van der Waals surface area contributed by atoms with Crippen LogP contribution in [-0.2, 0) is 6.42 Å². The third-order valence-electron chi connectivity index (χ3n) is 3.78. The first-order valence-electron chi connectivity index (χ1n) is 6.77. The molecule has 1 aliphatic rings. The van der Waals surface area contributed by atoms with Crippen LogP contribution < -0.4 is 10.6 Å². The summed E-state index contributed by atoms with van der Waals surface area (Å²) in [6.07, 6.45) is 5.22. The number of hydrogen-bond donors (Lipinski definition) is 1. The van der Waals surface area contributed by atoms with Crippen LogP contribution in [0, 0.1) is 0 Å². The molecule has 0 bridgehead atoms. The van der Waals surface area contributed by atoms with Crippen LogP contribution >= 0.6 is 0 Å². The molecule has 2 N–H and O–H groups in total. The van der Waals surface area contributed by atoms with E-state index in [-0.39, 0.29) is 0 Å². The molecule has 0 unspecified atom stereocenters. The molecule has 1 saturated heterocycles. The van der Waals surface area contributed by atoms with E-state index in [9.17, 15) is 0 Å². The van der Waals surface area contributed by atoms with Crippen LogP contribution in [0.3, 0.4) is 0 Å². The summed E-state index contributed by atoms with van der Waals surface area (Å²) in [5.41, 5.74) is 6.95. The minimum atomic E-state index is 0.687. The zero-order chi connectivity index (χ0) is 13.0. The summed E-state index contributed by atoms with van der Waals surface area (Å²) in [6, 6.07) is 4.86. The number of nitrogens with zero attached hydrogens (tertiary/aromatic N) is 3. The van der Waals surface area contributed by atoms with Crippen molar-refractivity contribution in [2.45, 2.75) is 25.3 Å². The van der Waals surface area contributed by atoms with Crippen molar-refractivity contribution >= 4 is 5.82 Å². The second-order valence-electron chi connectivity index (χ2n) is 5.21. The van der Waals surface area contributed by atoms with Crippen molar-refractivity contribution in [3.05, 3.63) is 23.9 Å². The summed E-state index contributed by atoms with van der Waals surface area (Å²) in [7, 11) is 4.34. The van der Waals surface area contributed by atoms with Crippen molar-refractivity contribution in [1.82, 2.24) is 9.88 Å². The molecule has 0 aromatic carbocycles. The summed E-state index contributed by atoms with van der Waals surface area (Å²) in [5.74, 6) is 1.14. The summed E-state index contributed by atoms with van der Waals surface area (Å²) >= 11 is 0. The maximum Gasteiger partial charge on any atom is 0.131 e. The molecule has 18 heavy (non-hydrogen) atoms. The van der Waals surface area contributed by atoms with Crippen LogP contribution in [0.25, 0.3) is 0 Å². The van der Waals surface area contributed by atoms with Crippen molar-refractivity contribution < 1.29 is 0 Å². The van der Waals surface area contributed by atoms with Gasteiger partial charge in [-0.2, -0.15) is 0 Å². The van der Waals surface area contributed by atoms with Crippen molar-refractivity contribution in [3.8, 4) is 0 Å². The Balaban J connectivity index is 2.05. The second-order valence-corrected chi connectivity index (χ2v) is 5.21. The average molecular weight is 248 g/mol. The lowest BCUT2D eigenvalue weighted by atomic mass is 10.0. The largest absolute Gasteiger partial charge is 0.356 e. The molecular weight excluding hydrogens is 224 g/mol. The molecule has 4 nitrogen and oxygen atoms in total. The summed E-state index contributed by atoms with van der Waals surface area (Å²) in [4.78, 5) is 9.29. The number of piperidine rings is 1. The van der Waals surface area contributed by atoms with Gasteiger partial charge in [-0.05, 0) is 51.5 Å². The van der Waals surface area contributed by atoms with Crippen LogP contribution in [0.5, 0.6) is 0 Å². The predicted octanol–water partition coefficient (Wildman–Crippen LogP) is 1.11. The number of anilines is 1.